The topological polar surface area (TPSA) is 163 Å². The van der Waals surface area contributed by atoms with Crippen LogP contribution in [0.2, 0.25) is 0 Å². The second-order valence-electron chi connectivity index (χ2n) is 9.67. The van der Waals surface area contributed by atoms with Crippen LogP contribution >= 0.6 is 0 Å². The van der Waals surface area contributed by atoms with Gasteiger partial charge in [0.15, 0.2) is 0 Å². The molecule has 1 atom stereocenters. The first-order chi connectivity index (χ1) is 21.2. The van der Waals surface area contributed by atoms with E-state index in [0.29, 0.717) is 30.3 Å². The van der Waals surface area contributed by atoms with E-state index in [4.69, 9.17) is 18.9 Å². The third kappa shape index (κ3) is 12.2. The van der Waals surface area contributed by atoms with Gasteiger partial charge in [-0.15, -0.1) is 0 Å². The molecule has 240 valence electrons. The van der Waals surface area contributed by atoms with Gasteiger partial charge in [-0.3, -0.25) is 14.3 Å². The number of ether oxygens (including phenoxy) is 4. The summed E-state index contributed by atoms with van der Waals surface area (Å²) in [6, 6.07) is 11.2. The van der Waals surface area contributed by atoms with Crippen LogP contribution in [0, 0.1) is 6.92 Å². The fourth-order valence-corrected chi connectivity index (χ4v) is 4.52. The Hall–Kier alpha value is -4.21. The molecular formula is C29H40N6O8S. The van der Waals surface area contributed by atoms with Crippen molar-refractivity contribution in [3.8, 4) is 17.4 Å². The molecule has 2 amide bonds. The van der Waals surface area contributed by atoms with E-state index in [2.05, 4.69) is 20.1 Å². The molecule has 3 heterocycles. The zero-order chi connectivity index (χ0) is 31.8. The Kier molecular flexibility index (Phi) is 13.9. The third-order valence-electron chi connectivity index (χ3n) is 6.35. The summed E-state index contributed by atoms with van der Waals surface area (Å²) in [6.45, 7) is 5.76. The summed E-state index contributed by atoms with van der Waals surface area (Å²) in [7, 11) is -1.76. The van der Waals surface area contributed by atoms with Gasteiger partial charge in [0, 0.05) is 38.0 Å². The third-order valence-corrected chi connectivity index (χ3v) is 7.75. The molecule has 0 spiro atoms. The summed E-state index contributed by atoms with van der Waals surface area (Å²) >= 11 is 0. The van der Waals surface area contributed by atoms with E-state index < -0.39 is 10.0 Å². The summed E-state index contributed by atoms with van der Waals surface area (Å²) < 4.78 is 48.7. The lowest BCUT2D eigenvalue weighted by molar-refractivity contribution is -0.132. The zero-order valence-corrected chi connectivity index (χ0v) is 26.0. The van der Waals surface area contributed by atoms with Crippen molar-refractivity contribution >= 4 is 28.0 Å². The van der Waals surface area contributed by atoms with Crippen molar-refractivity contribution in [2.75, 3.05) is 57.6 Å². The van der Waals surface area contributed by atoms with Crippen molar-refractivity contribution in [2.45, 2.75) is 32.9 Å². The molecule has 1 fully saturated rings. The van der Waals surface area contributed by atoms with Crippen molar-refractivity contribution in [2.24, 2.45) is 0 Å². The van der Waals surface area contributed by atoms with Crippen LogP contribution in [0.5, 0.6) is 17.4 Å². The quantitative estimate of drug-likeness (QED) is 0.223. The lowest BCUT2D eigenvalue weighted by Crippen LogP contribution is -2.42. The van der Waals surface area contributed by atoms with Gasteiger partial charge in [-0.2, -0.15) is 5.10 Å². The lowest BCUT2D eigenvalue weighted by Gasteiger charge is -2.23. The number of pyridine rings is 1. The molecule has 2 aromatic heterocycles. The second kappa shape index (κ2) is 17.8. The van der Waals surface area contributed by atoms with Crippen LogP contribution in [0.15, 0.2) is 55.0 Å². The minimum Gasteiger partial charge on any atom is -0.492 e. The zero-order valence-electron chi connectivity index (χ0n) is 25.2. The van der Waals surface area contributed by atoms with Gasteiger partial charge in [0.1, 0.15) is 30.8 Å². The smallest absolute Gasteiger partial charge is 0.244 e. The predicted octanol–water partition coefficient (Wildman–Crippen LogP) is 1.86. The van der Waals surface area contributed by atoms with Crippen LogP contribution in [0.25, 0.3) is 0 Å². The maximum Gasteiger partial charge on any atom is 0.244 e. The summed E-state index contributed by atoms with van der Waals surface area (Å²) in [4.78, 5) is 28.7. The Morgan fingerprint density at radius 3 is 2.68 bits per heavy atom. The van der Waals surface area contributed by atoms with Gasteiger partial charge < -0.3 is 29.2 Å². The van der Waals surface area contributed by atoms with E-state index in [1.807, 2.05) is 37.3 Å². The SMILES string of the molecule is CCS(=O)(=O)NCCN(CCOc1ccc(C)cc1)C(=O)Cn1cc(NC=O)cn1.COc1cc(OC2CCOC2)ccn1. The molecule has 1 aliphatic heterocycles. The lowest BCUT2D eigenvalue weighted by atomic mass is 10.2. The molecular weight excluding hydrogens is 592 g/mol. The molecule has 1 aromatic carbocycles. The van der Waals surface area contributed by atoms with Gasteiger partial charge in [0.25, 0.3) is 0 Å². The van der Waals surface area contributed by atoms with Gasteiger partial charge in [0.05, 0.1) is 44.5 Å². The van der Waals surface area contributed by atoms with E-state index in [9.17, 15) is 18.0 Å². The Balaban J connectivity index is 0.000000312. The highest BCUT2D eigenvalue weighted by Crippen LogP contribution is 2.20. The summed E-state index contributed by atoms with van der Waals surface area (Å²) in [5.74, 6) is 1.76. The summed E-state index contributed by atoms with van der Waals surface area (Å²) in [5.41, 5.74) is 1.59. The normalized spacial score (nSPS) is 14.2. The van der Waals surface area contributed by atoms with E-state index in [1.54, 1.807) is 26.3 Å². The number of benzene rings is 1. The van der Waals surface area contributed by atoms with Crippen molar-refractivity contribution < 1.29 is 37.0 Å². The number of methoxy groups -OCH3 is 1. The van der Waals surface area contributed by atoms with Gasteiger partial charge >= 0.3 is 0 Å². The number of hydrogen-bond donors (Lipinski definition) is 2. The fourth-order valence-electron chi connectivity index (χ4n) is 3.91. The van der Waals surface area contributed by atoms with Crippen LogP contribution < -0.4 is 24.2 Å². The molecule has 1 saturated heterocycles. The molecule has 4 rings (SSSR count). The molecule has 0 radical (unpaired) electrons. The van der Waals surface area contributed by atoms with Crippen LogP contribution in [-0.4, -0.2) is 98.8 Å². The highest BCUT2D eigenvalue weighted by Gasteiger charge is 2.18. The summed E-state index contributed by atoms with van der Waals surface area (Å²) in [5, 5.41) is 6.49. The Bertz CT molecular complexity index is 1410. The number of aromatic nitrogens is 3. The molecule has 2 N–H and O–H groups in total. The number of anilines is 1. The van der Waals surface area contributed by atoms with Crippen molar-refractivity contribution in [3.05, 3.63) is 60.6 Å². The predicted molar refractivity (Wildman–Crippen MR) is 163 cm³/mol. The molecule has 0 bridgehead atoms. The maximum atomic E-state index is 12.7. The molecule has 1 unspecified atom stereocenters. The minimum absolute atomic E-state index is 0.0305. The van der Waals surface area contributed by atoms with Crippen LogP contribution in [0.1, 0.15) is 18.9 Å². The minimum atomic E-state index is -3.35. The maximum absolute atomic E-state index is 12.7. The van der Waals surface area contributed by atoms with Crippen LogP contribution in [0.3, 0.4) is 0 Å². The molecule has 15 heteroatoms. The Morgan fingerprint density at radius 1 is 1.20 bits per heavy atom. The van der Waals surface area contributed by atoms with E-state index >= 15 is 0 Å². The highest BCUT2D eigenvalue weighted by molar-refractivity contribution is 7.89. The second-order valence-corrected chi connectivity index (χ2v) is 11.8. The van der Waals surface area contributed by atoms with E-state index in [1.165, 1.54) is 22.0 Å². The van der Waals surface area contributed by atoms with Crippen molar-refractivity contribution in [1.82, 2.24) is 24.4 Å². The van der Waals surface area contributed by atoms with E-state index in [0.717, 1.165) is 24.3 Å². The van der Waals surface area contributed by atoms with Gasteiger partial charge in [-0.1, -0.05) is 17.7 Å². The van der Waals surface area contributed by atoms with Crippen LogP contribution in [0.4, 0.5) is 5.69 Å². The molecule has 0 saturated carbocycles. The molecule has 3 aromatic rings. The molecule has 1 aliphatic rings. The number of nitrogens with one attached hydrogen (secondary N) is 2. The molecule has 14 nitrogen and oxygen atoms in total. The van der Waals surface area contributed by atoms with Crippen LogP contribution in [-0.2, 0) is 30.9 Å². The standard InChI is InChI=1S/C19H27N5O5S.C10H13NO3/c1-3-30(27,28)22-8-9-23(10-11-29-18-6-4-16(2)5-7-18)19(26)14-24-13-17(12-21-24)20-15-25;1-12-10-6-8(2-4-11-10)14-9-3-5-13-7-9/h4-7,12-13,15,22H,3,8-11,14H2,1-2H3,(H,20,25);2,4,6,9H,3,5,7H2,1H3. The Labute approximate surface area is 257 Å². The van der Waals surface area contributed by atoms with Crippen molar-refractivity contribution in [1.29, 1.82) is 0 Å². The number of sulfonamides is 1. The molecule has 0 aliphatic carbocycles. The fraction of sp³-hybridized carbons (Fsp3) is 0.448. The highest BCUT2D eigenvalue weighted by atomic mass is 32.2. The van der Waals surface area contributed by atoms with Gasteiger partial charge in [-0.05, 0) is 32.0 Å². The first kappa shape index (κ1) is 34.3. The van der Waals surface area contributed by atoms with Gasteiger partial charge in [0.2, 0.25) is 28.2 Å². The first-order valence-electron chi connectivity index (χ1n) is 14.1. The van der Waals surface area contributed by atoms with Gasteiger partial charge in [-0.25, -0.2) is 18.1 Å². The monoisotopic (exact) mass is 632 g/mol. The number of carbonyl (C=O) groups is 2. The number of amides is 2. The number of rotatable bonds is 16. The average Bonchev–Trinajstić information content (AvgIpc) is 3.70. The van der Waals surface area contributed by atoms with E-state index in [-0.39, 0.29) is 50.5 Å². The first-order valence-corrected chi connectivity index (χ1v) is 15.8. The van der Waals surface area contributed by atoms with Crippen molar-refractivity contribution in [3.63, 3.8) is 0 Å². The summed E-state index contributed by atoms with van der Waals surface area (Å²) in [6.07, 6.45) is 6.28. The average molecular weight is 633 g/mol. The number of aryl methyl sites for hydroxylation is 1. The largest absolute Gasteiger partial charge is 0.492 e. The number of hydrogen-bond acceptors (Lipinski definition) is 10. The number of nitrogens with zero attached hydrogens (tertiary/aromatic N) is 4. The molecule has 44 heavy (non-hydrogen) atoms. The number of carbonyl (C=O) groups excluding carboxylic acids is 2. The Morgan fingerprint density at radius 2 is 2.00 bits per heavy atom.